The molecule has 0 N–H and O–H groups in total. The summed E-state index contributed by atoms with van der Waals surface area (Å²) in [5.41, 5.74) is 10.2. The second kappa shape index (κ2) is 6.37. The Bertz CT molecular complexity index is 2320. The third kappa shape index (κ3) is 2.19. The van der Waals surface area contributed by atoms with Crippen molar-refractivity contribution in [3.05, 3.63) is 103 Å². The molecule has 0 amide bonds. The highest BCUT2D eigenvalue weighted by Gasteiger charge is 2.21. The van der Waals surface area contributed by atoms with E-state index in [1.807, 2.05) is 36.4 Å². The number of benzene rings is 5. The molecule has 0 aliphatic carbocycles. The van der Waals surface area contributed by atoms with Crippen molar-refractivity contribution in [2.75, 3.05) is 0 Å². The number of furan rings is 1. The predicted molar refractivity (Wildman–Crippen MR) is 147 cm³/mol. The Morgan fingerprint density at radius 2 is 1.33 bits per heavy atom. The Labute approximate surface area is 204 Å². The lowest BCUT2D eigenvalue weighted by molar-refractivity contribution is 0.669. The summed E-state index contributed by atoms with van der Waals surface area (Å²) in [5, 5.41) is 5.88. The van der Waals surface area contributed by atoms with E-state index in [0.717, 1.165) is 55.0 Å². The molecule has 0 radical (unpaired) electrons. The fourth-order valence-electron chi connectivity index (χ4n) is 5.99. The highest BCUT2D eigenvalue weighted by molar-refractivity contribution is 6.25. The fourth-order valence-corrected chi connectivity index (χ4v) is 5.99. The fraction of sp³-hybridized carbons (Fsp3) is 0. The van der Waals surface area contributed by atoms with Crippen molar-refractivity contribution in [2.24, 2.45) is 0 Å². The van der Waals surface area contributed by atoms with E-state index in [1.165, 1.54) is 27.4 Å². The van der Waals surface area contributed by atoms with Crippen LogP contribution >= 0.6 is 0 Å². The average molecular weight is 460 g/mol. The van der Waals surface area contributed by atoms with E-state index in [4.69, 9.17) is 14.4 Å². The molecule has 0 spiro atoms. The monoisotopic (exact) mass is 459 g/mol. The standard InChI is InChI=1S/C32H17N3O/c1-4-14-27-20(7-1)23-17-18(15-16-28(23)36-27)19-8-6-13-26-29(19)21-9-5-10-22-30-32(35(26)31(21)22)34-25-12-3-2-11-24(25)33-30/h1-17H. The maximum absolute atomic E-state index is 6.08. The first-order chi connectivity index (χ1) is 17.8. The zero-order valence-electron chi connectivity index (χ0n) is 19.1. The van der Waals surface area contributed by atoms with Crippen LogP contribution in [0.15, 0.2) is 108 Å². The molecule has 0 bridgehead atoms. The minimum absolute atomic E-state index is 0.906. The van der Waals surface area contributed by atoms with Gasteiger partial charge in [0.1, 0.15) is 16.7 Å². The van der Waals surface area contributed by atoms with Gasteiger partial charge in [0, 0.05) is 26.9 Å². The Morgan fingerprint density at radius 3 is 2.28 bits per heavy atom. The van der Waals surface area contributed by atoms with Crippen LogP contribution in [0.3, 0.4) is 0 Å². The molecule has 9 rings (SSSR count). The number of aromatic nitrogens is 3. The van der Waals surface area contributed by atoms with Crippen molar-refractivity contribution in [2.45, 2.75) is 0 Å². The van der Waals surface area contributed by atoms with Gasteiger partial charge in [-0.3, -0.25) is 4.40 Å². The second-order valence-electron chi connectivity index (χ2n) is 9.43. The van der Waals surface area contributed by atoms with Crippen molar-refractivity contribution in [3.8, 4) is 11.1 Å². The Morgan fingerprint density at radius 1 is 0.583 bits per heavy atom. The molecule has 0 aliphatic rings. The maximum Gasteiger partial charge on any atom is 0.165 e. The van der Waals surface area contributed by atoms with Crippen molar-refractivity contribution in [1.82, 2.24) is 14.4 Å². The van der Waals surface area contributed by atoms with Gasteiger partial charge in [-0.2, -0.15) is 0 Å². The van der Waals surface area contributed by atoms with Gasteiger partial charge < -0.3 is 4.42 Å². The molecule has 0 saturated heterocycles. The van der Waals surface area contributed by atoms with Crippen molar-refractivity contribution in [1.29, 1.82) is 0 Å². The summed E-state index contributed by atoms with van der Waals surface area (Å²) < 4.78 is 8.38. The summed E-state index contributed by atoms with van der Waals surface area (Å²) in [4.78, 5) is 10.1. The summed E-state index contributed by atoms with van der Waals surface area (Å²) in [5.74, 6) is 0. The number of nitrogens with zero attached hydrogens (tertiary/aromatic N) is 3. The van der Waals surface area contributed by atoms with Gasteiger partial charge in [0.05, 0.1) is 22.1 Å². The molecule has 0 aliphatic heterocycles. The zero-order valence-corrected chi connectivity index (χ0v) is 19.1. The van der Waals surface area contributed by atoms with Crippen LogP contribution in [0.4, 0.5) is 0 Å². The molecule has 4 nitrogen and oxygen atoms in total. The average Bonchev–Trinajstić information content (AvgIpc) is 3.58. The topological polar surface area (TPSA) is 43.3 Å². The van der Waals surface area contributed by atoms with Crippen LogP contribution in [0, 0.1) is 0 Å². The van der Waals surface area contributed by atoms with Crippen molar-refractivity contribution >= 4 is 71.3 Å². The van der Waals surface area contributed by atoms with Gasteiger partial charge in [-0.05, 0) is 47.5 Å². The van der Waals surface area contributed by atoms with Crippen LogP contribution in [-0.2, 0) is 0 Å². The predicted octanol–water partition coefficient (Wildman–Crippen LogP) is 8.35. The first-order valence-corrected chi connectivity index (χ1v) is 12.1. The van der Waals surface area contributed by atoms with E-state index in [9.17, 15) is 0 Å². The van der Waals surface area contributed by atoms with Crippen LogP contribution in [0.2, 0.25) is 0 Å². The van der Waals surface area contributed by atoms with Crippen LogP contribution in [0.25, 0.3) is 82.5 Å². The Kier molecular flexibility index (Phi) is 3.25. The van der Waals surface area contributed by atoms with E-state index in [0.29, 0.717) is 0 Å². The molecule has 0 unspecified atom stereocenters. The zero-order chi connectivity index (χ0) is 23.4. The quantitative estimate of drug-likeness (QED) is 0.248. The molecule has 5 aromatic carbocycles. The second-order valence-corrected chi connectivity index (χ2v) is 9.43. The number of para-hydroxylation sites is 4. The third-order valence-corrected chi connectivity index (χ3v) is 7.52. The maximum atomic E-state index is 6.08. The molecule has 0 saturated carbocycles. The van der Waals surface area contributed by atoms with E-state index in [1.54, 1.807) is 0 Å². The molecule has 9 aromatic rings. The van der Waals surface area contributed by atoms with Crippen LogP contribution in [0.5, 0.6) is 0 Å². The SMILES string of the molecule is c1ccc2nc3c(nc2c1)c1cccc2c4c(-c5ccc6oc7ccccc7c6c5)cccc4n3c12. The van der Waals surface area contributed by atoms with Gasteiger partial charge in [-0.25, -0.2) is 9.97 Å². The molecule has 4 aromatic heterocycles. The van der Waals surface area contributed by atoms with E-state index in [-0.39, 0.29) is 0 Å². The smallest absolute Gasteiger partial charge is 0.165 e. The van der Waals surface area contributed by atoms with Gasteiger partial charge in [-0.15, -0.1) is 0 Å². The van der Waals surface area contributed by atoms with Crippen molar-refractivity contribution < 1.29 is 4.42 Å². The highest BCUT2D eigenvalue weighted by atomic mass is 16.3. The number of fused-ring (bicyclic) bond motifs is 10. The molecule has 4 heterocycles. The first kappa shape index (κ1) is 18.4. The lowest BCUT2D eigenvalue weighted by Crippen LogP contribution is -1.89. The van der Waals surface area contributed by atoms with Crippen molar-refractivity contribution in [3.63, 3.8) is 0 Å². The molecule has 0 fully saturated rings. The summed E-state index contributed by atoms with van der Waals surface area (Å²) in [6.07, 6.45) is 0. The summed E-state index contributed by atoms with van der Waals surface area (Å²) in [6.45, 7) is 0. The Balaban J connectivity index is 1.43. The van der Waals surface area contributed by atoms with Gasteiger partial charge in [0.25, 0.3) is 0 Å². The van der Waals surface area contributed by atoms with Gasteiger partial charge in [0.15, 0.2) is 5.65 Å². The van der Waals surface area contributed by atoms with E-state index >= 15 is 0 Å². The third-order valence-electron chi connectivity index (χ3n) is 7.52. The minimum atomic E-state index is 0.906. The lowest BCUT2D eigenvalue weighted by Gasteiger charge is -2.06. The largest absolute Gasteiger partial charge is 0.456 e. The van der Waals surface area contributed by atoms with Gasteiger partial charge in [-0.1, -0.05) is 66.7 Å². The number of rotatable bonds is 1. The number of hydrogen-bond donors (Lipinski definition) is 0. The molecule has 0 atom stereocenters. The molecular weight excluding hydrogens is 442 g/mol. The molecule has 4 heteroatoms. The van der Waals surface area contributed by atoms with E-state index < -0.39 is 0 Å². The van der Waals surface area contributed by atoms with Crippen LogP contribution < -0.4 is 0 Å². The summed E-state index contributed by atoms with van der Waals surface area (Å²) in [7, 11) is 0. The van der Waals surface area contributed by atoms with Gasteiger partial charge >= 0.3 is 0 Å². The Hall–Kier alpha value is -4.96. The lowest BCUT2D eigenvalue weighted by atomic mass is 9.97. The minimum Gasteiger partial charge on any atom is -0.456 e. The summed E-state index contributed by atoms with van der Waals surface area (Å²) >= 11 is 0. The highest BCUT2D eigenvalue weighted by Crippen LogP contribution is 2.43. The van der Waals surface area contributed by atoms with Gasteiger partial charge in [0.2, 0.25) is 0 Å². The molecular formula is C32H17N3O. The molecule has 36 heavy (non-hydrogen) atoms. The first-order valence-electron chi connectivity index (χ1n) is 12.1. The number of hydrogen-bond acceptors (Lipinski definition) is 3. The molecule has 166 valence electrons. The summed E-state index contributed by atoms with van der Waals surface area (Å²) in [6, 6.07) is 35.9. The van der Waals surface area contributed by atoms with E-state index in [2.05, 4.69) is 71.1 Å². The van der Waals surface area contributed by atoms with Crippen LogP contribution in [0.1, 0.15) is 0 Å². The normalized spacial score (nSPS) is 12.4. The van der Waals surface area contributed by atoms with Crippen LogP contribution in [-0.4, -0.2) is 14.4 Å².